The SMILES string of the molecule is Cc1ccc([C@H](Nc2c(Nc3ccc(Cl)c4c3C(O)N(CC(=O)N(C)C)C4)c(=O)c2=O)C(C)(C)C)o1. The number of nitrogens with one attached hydrogen (secondary N) is 2. The highest BCUT2D eigenvalue weighted by molar-refractivity contribution is 6.31. The van der Waals surface area contributed by atoms with Gasteiger partial charge in [0.2, 0.25) is 5.91 Å². The van der Waals surface area contributed by atoms with Crippen LogP contribution in [-0.4, -0.2) is 41.5 Å². The topological polar surface area (TPSA) is 115 Å². The van der Waals surface area contributed by atoms with Crippen LogP contribution in [0.5, 0.6) is 0 Å². The Kier molecular flexibility index (Phi) is 6.76. The maximum absolute atomic E-state index is 12.6. The monoisotopic (exact) mass is 514 g/mol. The zero-order valence-electron chi connectivity index (χ0n) is 21.2. The molecule has 0 aliphatic carbocycles. The Hall–Kier alpha value is -3.14. The summed E-state index contributed by atoms with van der Waals surface area (Å²) in [6.07, 6.45) is -1.11. The predicted molar refractivity (Wildman–Crippen MR) is 139 cm³/mol. The highest BCUT2D eigenvalue weighted by atomic mass is 35.5. The Morgan fingerprint density at radius 3 is 2.44 bits per heavy atom. The molecule has 10 heteroatoms. The van der Waals surface area contributed by atoms with Gasteiger partial charge < -0.3 is 25.1 Å². The molecule has 9 nitrogen and oxygen atoms in total. The lowest BCUT2D eigenvalue weighted by molar-refractivity contribution is -0.132. The molecule has 2 atom stereocenters. The molecule has 2 heterocycles. The number of fused-ring (bicyclic) bond motifs is 1. The van der Waals surface area contributed by atoms with Gasteiger partial charge in [-0.15, -0.1) is 0 Å². The predicted octanol–water partition coefficient (Wildman–Crippen LogP) is 3.68. The number of nitrogens with zero attached hydrogens (tertiary/aromatic N) is 2. The summed E-state index contributed by atoms with van der Waals surface area (Å²) in [6.45, 7) is 8.13. The number of likely N-dealkylation sites (N-methyl/N-ethyl adjacent to an activating group) is 1. The molecular weight excluding hydrogens is 484 g/mol. The molecule has 0 radical (unpaired) electrons. The van der Waals surface area contributed by atoms with E-state index in [4.69, 9.17) is 16.0 Å². The van der Waals surface area contributed by atoms with Gasteiger partial charge in [-0.3, -0.25) is 19.3 Å². The third-order valence-electron chi connectivity index (χ3n) is 6.47. The van der Waals surface area contributed by atoms with E-state index in [0.717, 1.165) is 5.76 Å². The minimum Gasteiger partial charge on any atom is -0.464 e. The van der Waals surface area contributed by atoms with Crippen molar-refractivity contribution >= 4 is 34.6 Å². The number of aliphatic hydroxyl groups excluding tert-OH is 1. The quantitative estimate of drug-likeness (QED) is 0.409. The molecule has 1 aromatic heterocycles. The first-order valence-electron chi connectivity index (χ1n) is 11.7. The Morgan fingerprint density at radius 1 is 1.19 bits per heavy atom. The molecule has 4 rings (SSSR count). The van der Waals surface area contributed by atoms with Gasteiger partial charge in [0.15, 0.2) is 0 Å². The van der Waals surface area contributed by atoms with Crippen LogP contribution in [0, 0.1) is 12.3 Å². The lowest BCUT2D eigenvalue weighted by Gasteiger charge is -2.32. The molecule has 1 unspecified atom stereocenters. The number of benzene rings is 1. The van der Waals surface area contributed by atoms with Gasteiger partial charge in [-0.1, -0.05) is 32.4 Å². The van der Waals surface area contributed by atoms with Gasteiger partial charge in [-0.2, -0.15) is 0 Å². The van der Waals surface area contributed by atoms with Gasteiger partial charge in [0.25, 0.3) is 10.9 Å². The fraction of sp³-hybridized carbons (Fsp3) is 0.423. The van der Waals surface area contributed by atoms with E-state index in [1.807, 2.05) is 39.8 Å². The summed E-state index contributed by atoms with van der Waals surface area (Å²) in [7, 11) is 3.29. The summed E-state index contributed by atoms with van der Waals surface area (Å²) in [6, 6.07) is 6.64. The Bertz CT molecular complexity index is 1380. The van der Waals surface area contributed by atoms with Crippen molar-refractivity contribution in [1.29, 1.82) is 0 Å². The normalized spacial score (nSPS) is 16.7. The van der Waals surface area contributed by atoms with E-state index in [1.165, 1.54) is 4.90 Å². The summed E-state index contributed by atoms with van der Waals surface area (Å²) in [5.41, 5.74) is 0.226. The van der Waals surface area contributed by atoms with Crippen LogP contribution in [0.4, 0.5) is 17.1 Å². The summed E-state index contributed by atoms with van der Waals surface area (Å²) in [5.74, 6) is 1.23. The molecule has 2 aromatic carbocycles. The summed E-state index contributed by atoms with van der Waals surface area (Å²) >= 11 is 6.41. The van der Waals surface area contributed by atoms with E-state index in [1.54, 1.807) is 31.1 Å². The van der Waals surface area contributed by atoms with Crippen LogP contribution in [0.15, 0.2) is 38.3 Å². The van der Waals surface area contributed by atoms with Crippen LogP contribution in [0.1, 0.15) is 55.7 Å². The molecule has 36 heavy (non-hydrogen) atoms. The van der Waals surface area contributed by atoms with Crippen LogP contribution in [-0.2, 0) is 11.3 Å². The van der Waals surface area contributed by atoms with Crippen molar-refractivity contribution in [3.05, 3.63) is 72.4 Å². The molecule has 3 aromatic rings. The minimum atomic E-state index is -1.11. The van der Waals surface area contributed by atoms with Gasteiger partial charge in [-0.25, -0.2) is 0 Å². The molecule has 0 saturated carbocycles. The molecular formula is C26H31ClN4O5. The van der Waals surface area contributed by atoms with E-state index in [9.17, 15) is 19.5 Å². The summed E-state index contributed by atoms with van der Waals surface area (Å²) in [5, 5.41) is 17.7. The van der Waals surface area contributed by atoms with E-state index < -0.39 is 17.1 Å². The standard InChI is InChI=1S/C26H31ClN4O5/c1-13-7-10-17(36-13)24(26(2,3)4)29-21-20(22(33)23(21)34)28-16-9-8-15(27)14-11-31(25(35)19(14)16)12-18(32)30(5)6/h7-10,24-25,28-29,35H,11-12H2,1-6H3/t24-,25?/m0/s1. The second-order valence-corrected chi connectivity index (χ2v) is 10.9. The van der Waals surface area contributed by atoms with Gasteiger partial charge in [0.1, 0.15) is 29.1 Å². The van der Waals surface area contributed by atoms with Crippen molar-refractivity contribution in [1.82, 2.24) is 9.80 Å². The van der Waals surface area contributed by atoms with Crippen LogP contribution in [0.25, 0.3) is 0 Å². The van der Waals surface area contributed by atoms with Gasteiger partial charge in [0.05, 0.1) is 12.6 Å². The smallest absolute Gasteiger partial charge is 0.253 e. The van der Waals surface area contributed by atoms with Crippen molar-refractivity contribution in [3.8, 4) is 0 Å². The van der Waals surface area contributed by atoms with Gasteiger partial charge in [0, 0.05) is 36.9 Å². The number of hydrogen-bond donors (Lipinski definition) is 3. The molecule has 3 N–H and O–H groups in total. The number of furan rings is 1. The van der Waals surface area contributed by atoms with Gasteiger partial charge in [-0.05, 0) is 42.2 Å². The third kappa shape index (κ3) is 4.66. The number of anilines is 3. The Labute approximate surface area is 214 Å². The van der Waals surface area contributed by atoms with Crippen LogP contribution >= 0.6 is 11.6 Å². The Balaban J connectivity index is 1.66. The molecule has 192 valence electrons. The maximum atomic E-state index is 12.6. The van der Waals surface area contributed by atoms with E-state index in [2.05, 4.69) is 10.6 Å². The number of carbonyl (C=O) groups excluding carboxylic acids is 1. The molecule has 0 saturated heterocycles. The molecule has 0 bridgehead atoms. The summed E-state index contributed by atoms with van der Waals surface area (Å²) in [4.78, 5) is 40.5. The van der Waals surface area contributed by atoms with Crippen molar-refractivity contribution in [2.75, 3.05) is 31.3 Å². The van der Waals surface area contributed by atoms with Crippen LogP contribution in [0.2, 0.25) is 5.02 Å². The van der Waals surface area contributed by atoms with Crippen molar-refractivity contribution in [2.45, 2.75) is 46.5 Å². The van der Waals surface area contributed by atoms with Crippen LogP contribution < -0.4 is 21.5 Å². The number of rotatable bonds is 7. The average Bonchev–Trinajstić information content (AvgIpc) is 3.37. The summed E-state index contributed by atoms with van der Waals surface area (Å²) < 4.78 is 5.82. The van der Waals surface area contributed by atoms with Crippen molar-refractivity contribution in [3.63, 3.8) is 0 Å². The van der Waals surface area contributed by atoms with Crippen molar-refractivity contribution < 1.29 is 14.3 Å². The molecule has 1 aliphatic rings. The number of carbonyl (C=O) groups is 1. The number of amides is 1. The fourth-order valence-corrected chi connectivity index (χ4v) is 4.61. The highest BCUT2D eigenvalue weighted by Gasteiger charge is 2.36. The largest absolute Gasteiger partial charge is 0.464 e. The highest BCUT2D eigenvalue weighted by Crippen LogP contribution is 2.43. The first-order chi connectivity index (χ1) is 16.8. The number of aliphatic hydroxyl groups is 1. The zero-order valence-corrected chi connectivity index (χ0v) is 22.0. The zero-order chi connectivity index (χ0) is 26.5. The first kappa shape index (κ1) is 25.9. The number of aryl methyl sites for hydroxylation is 1. The van der Waals surface area contributed by atoms with E-state index in [0.29, 0.717) is 27.6 Å². The maximum Gasteiger partial charge on any atom is 0.253 e. The van der Waals surface area contributed by atoms with Gasteiger partial charge >= 0.3 is 0 Å². The van der Waals surface area contributed by atoms with E-state index >= 15 is 0 Å². The second kappa shape index (κ2) is 9.38. The van der Waals surface area contributed by atoms with Crippen LogP contribution in [0.3, 0.4) is 0 Å². The molecule has 0 fully saturated rings. The lowest BCUT2D eigenvalue weighted by atomic mass is 9.85. The lowest BCUT2D eigenvalue weighted by Crippen LogP contribution is -2.39. The fourth-order valence-electron chi connectivity index (χ4n) is 4.38. The molecule has 0 spiro atoms. The number of hydrogen-bond acceptors (Lipinski definition) is 8. The first-order valence-corrected chi connectivity index (χ1v) is 12.0. The molecule has 1 aliphatic heterocycles. The van der Waals surface area contributed by atoms with E-state index in [-0.39, 0.29) is 41.8 Å². The third-order valence-corrected chi connectivity index (χ3v) is 6.83. The second-order valence-electron chi connectivity index (χ2n) is 10.5. The minimum absolute atomic E-state index is 0.00135. The van der Waals surface area contributed by atoms with Crippen molar-refractivity contribution in [2.24, 2.45) is 5.41 Å². The average molecular weight is 515 g/mol. The molecule has 1 amide bonds. The number of halogens is 1. The Morgan fingerprint density at radius 2 is 1.86 bits per heavy atom.